The summed E-state index contributed by atoms with van der Waals surface area (Å²) in [5.41, 5.74) is 0.837. The van der Waals surface area contributed by atoms with E-state index >= 15 is 0 Å². The number of terminal acetylenes is 1. The highest BCUT2D eigenvalue weighted by Crippen LogP contribution is 2.24. The van der Waals surface area contributed by atoms with Crippen LogP contribution in [0.5, 0.6) is 5.75 Å². The molecule has 0 spiro atoms. The first-order chi connectivity index (χ1) is 7.85. The average molecular weight is 212 g/mol. The highest BCUT2D eigenvalue weighted by molar-refractivity contribution is 5.89. The predicted octanol–water partition coefficient (Wildman–Crippen LogP) is 2.80. The molecule has 0 saturated heterocycles. The lowest BCUT2D eigenvalue weighted by Gasteiger charge is -2.07. The Hall–Kier alpha value is -1.98. The number of ether oxygens (including phenoxy) is 2. The molecule has 0 bridgehead atoms. The molecule has 0 aliphatic rings. The summed E-state index contributed by atoms with van der Waals surface area (Å²) in [5.74, 6) is 3.40. The molecule has 0 amide bonds. The van der Waals surface area contributed by atoms with E-state index in [0.717, 1.165) is 22.1 Å². The standard InChI is InChI=1S/C14H12O2/c1-3-11-8-13(16-10-15-2)9-12-6-4-5-7-14(11)12/h1,4-9H,10H2,2H3. The van der Waals surface area contributed by atoms with E-state index in [1.54, 1.807) is 7.11 Å². The van der Waals surface area contributed by atoms with Gasteiger partial charge in [0.05, 0.1) is 0 Å². The Bertz CT molecular complexity index is 538. The van der Waals surface area contributed by atoms with Crippen LogP contribution in [0, 0.1) is 12.3 Å². The van der Waals surface area contributed by atoms with Crippen LogP contribution in [0.25, 0.3) is 10.8 Å². The van der Waals surface area contributed by atoms with Crippen molar-refractivity contribution >= 4 is 10.8 Å². The van der Waals surface area contributed by atoms with Crippen LogP contribution in [-0.4, -0.2) is 13.9 Å². The number of hydrogen-bond donors (Lipinski definition) is 0. The van der Waals surface area contributed by atoms with E-state index in [1.165, 1.54) is 0 Å². The third-order valence-corrected chi connectivity index (χ3v) is 2.33. The van der Waals surface area contributed by atoms with Crippen molar-refractivity contribution in [3.63, 3.8) is 0 Å². The first-order valence-corrected chi connectivity index (χ1v) is 4.96. The highest BCUT2D eigenvalue weighted by atomic mass is 16.7. The van der Waals surface area contributed by atoms with Crippen LogP contribution in [0.1, 0.15) is 5.56 Å². The zero-order valence-electron chi connectivity index (χ0n) is 9.07. The van der Waals surface area contributed by atoms with Crippen LogP contribution in [0.2, 0.25) is 0 Å². The highest BCUT2D eigenvalue weighted by Gasteiger charge is 2.02. The van der Waals surface area contributed by atoms with Crippen molar-refractivity contribution in [3.8, 4) is 18.1 Å². The third-order valence-electron chi connectivity index (χ3n) is 2.33. The molecule has 2 rings (SSSR count). The summed E-state index contributed by atoms with van der Waals surface area (Å²) in [5, 5.41) is 2.14. The van der Waals surface area contributed by atoms with Gasteiger partial charge in [0.15, 0.2) is 6.79 Å². The topological polar surface area (TPSA) is 18.5 Å². The molecule has 0 saturated carbocycles. The minimum Gasteiger partial charge on any atom is -0.468 e. The van der Waals surface area contributed by atoms with Gasteiger partial charge in [0.2, 0.25) is 0 Å². The molecule has 0 aliphatic heterocycles. The number of methoxy groups -OCH3 is 1. The molecular weight excluding hydrogens is 200 g/mol. The van der Waals surface area contributed by atoms with E-state index in [2.05, 4.69) is 5.92 Å². The van der Waals surface area contributed by atoms with Crippen molar-refractivity contribution in [2.45, 2.75) is 0 Å². The maximum absolute atomic E-state index is 5.48. The Morgan fingerprint density at radius 2 is 2.06 bits per heavy atom. The summed E-state index contributed by atoms with van der Waals surface area (Å²) in [7, 11) is 1.59. The van der Waals surface area contributed by atoms with Gasteiger partial charge in [-0.3, -0.25) is 0 Å². The van der Waals surface area contributed by atoms with Gasteiger partial charge >= 0.3 is 0 Å². The quantitative estimate of drug-likeness (QED) is 0.575. The van der Waals surface area contributed by atoms with E-state index in [1.807, 2.05) is 36.4 Å². The average Bonchev–Trinajstić information content (AvgIpc) is 2.35. The normalized spacial score (nSPS) is 10.0. The number of fused-ring (bicyclic) bond motifs is 1. The van der Waals surface area contributed by atoms with Crippen molar-refractivity contribution in [1.29, 1.82) is 0 Å². The van der Waals surface area contributed by atoms with Gasteiger partial charge < -0.3 is 9.47 Å². The van der Waals surface area contributed by atoms with Crippen molar-refractivity contribution in [1.82, 2.24) is 0 Å². The van der Waals surface area contributed by atoms with E-state index in [-0.39, 0.29) is 6.79 Å². The Kier molecular flexibility index (Phi) is 3.09. The van der Waals surface area contributed by atoms with Gasteiger partial charge in [-0.05, 0) is 22.9 Å². The van der Waals surface area contributed by atoms with E-state index in [4.69, 9.17) is 15.9 Å². The lowest BCUT2D eigenvalue weighted by Crippen LogP contribution is -1.99. The third kappa shape index (κ3) is 2.00. The summed E-state index contributed by atoms with van der Waals surface area (Å²) >= 11 is 0. The van der Waals surface area contributed by atoms with Crippen molar-refractivity contribution in [2.24, 2.45) is 0 Å². The molecule has 0 atom stereocenters. The Labute approximate surface area is 94.8 Å². The summed E-state index contributed by atoms with van der Waals surface area (Å²) in [6.07, 6.45) is 5.48. The minimum atomic E-state index is 0.225. The molecule has 2 nitrogen and oxygen atoms in total. The summed E-state index contributed by atoms with van der Waals surface area (Å²) in [6, 6.07) is 11.8. The van der Waals surface area contributed by atoms with E-state index in [9.17, 15) is 0 Å². The first kappa shape index (κ1) is 10.5. The largest absolute Gasteiger partial charge is 0.468 e. The first-order valence-electron chi connectivity index (χ1n) is 4.96. The van der Waals surface area contributed by atoms with Crippen LogP contribution in [0.15, 0.2) is 36.4 Å². The molecule has 0 aromatic heterocycles. The molecule has 16 heavy (non-hydrogen) atoms. The van der Waals surface area contributed by atoms with Gasteiger partial charge in [0.1, 0.15) is 5.75 Å². The number of rotatable bonds is 3. The fraction of sp³-hybridized carbons (Fsp3) is 0.143. The van der Waals surface area contributed by atoms with Gasteiger partial charge in [-0.2, -0.15) is 0 Å². The zero-order valence-corrected chi connectivity index (χ0v) is 9.07. The lowest BCUT2D eigenvalue weighted by atomic mass is 10.0. The predicted molar refractivity (Wildman–Crippen MR) is 64.4 cm³/mol. The molecule has 2 aromatic carbocycles. The molecular formula is C14H12O2. The Morgan fingerprint density at radius 1 is 1.25 bits per heavy atom. The molecule has 80 valence electrons. The van der Waals surface area contributed by atoms with Crippen molar-refractivity contribution < 1.29 is 9.47 Å². The second kappa shape index (κ2) is 4.69. The smallest absolute Gasteiger partial charge is 0.188 e. The van der Waals surface area contributed by atoms with Gasteiger partial charge in [-0.15, -0.1) is 6.42 Å². The molecule has 0 unspecified atom stereocenters. The van der Waals surface area contributed by atoms with Crippen LogP contribution < -0.4 is 4.74 Å². The van der Waals surface area contributed by atoms with Crippen molar-refractivity contribution in [2.75, 3.05) is 13.9 Å². The fourth-order valence-electron chi connectivity index (χ4n) is 1.61. The molecule has 0 fully saturated rings. The second-order valence-electron chi connectivity index (χ2n) is 3.39. The molecule has 0 radical (unpaired) electrons. The van der Waals surface area contributed by atoms with Gasteiger partial charge in [-0.25, -0.2) is 0 Å². The maximum Gasteiger partial charge on any atom is 0.188 e. The molecule has 2 aromatic rings. The zero-order chi connectivity index (χ0) is 11.4. The van der Waals surface area contributed by atoms with Crippen LogP contribution in [0.4, 0.5) is 0 Å². The minimum absolute atomic E-state index is 0.225. The molecule has 0 aliphatic carbocycles. The summed E-state index contributed by atoms with van der Waals surface area (Å²) in [4.78, 5) is 0. The van der Waals surface area contributed by atoms with Crippen LogP contribution >= 0.6 is 0 Å². The van der Waals surface area contributed by atoms with E-state index < -0.39 is 0 Å². The number of hydrogen-bond acceptors (Lipinski definition) is 2. The fourth-order valence-corrected chi connectivity index (χ4v) is 1.61. The SMILES string of the molecule is C#Cc1cc(OCOC)cc2ccccc12. The maximum atomic E-state index is 5.48. The lowest BCUT2D eigenvalue weighted by molar-refractivity contribution is 0.0512. The summed E-state index contributed by atoms with van der Waals surface area (Å²) in [6.45, 7) is 0.225. The second-order valence-corrected chi connectivity index (χ2v) is 3.39. The van der Waals surface area contributed by atoms with Gasteiger partial charge in [0, 0.05) is 12.7 Å². The molecule has 0 heterocycles. The molecule has 2 heteroatoms. The Balaban J connectivity index is 2.51. The van der Waals surface area contributed by atoms with Crippen molar-refractivity contribution in [3.05, 3.63) is 42.0 Å². The molecule has 0 N–H and O–H groups in total. The van der Waals surface area contributed by atoms with E-state index in [0.29, 0.717) is 0 Å². The number of benzene rings is 2. The van der Waals surface area contributed by atoms with Crippen LogP contribution in [0.3, 0.4) is 0 Å². The summed E-state index contributed by atoms with van der Waals surface area (Å²) < 4.78 is 10.2. The monoisotopic (exact) mass is 212 g/mol. The van der Waals surface area contributed by atoms with Gasteiger partial charge in [0.25, 0.3) is 0 Å². The Morgan fingerprint density at radius 3 is 2.81 bits per heavy atom. The van der Waals surface area contributed by atoms with Crippen LogP contribution in [-0.2, 0) is 4.74 Å². The van der Waals surface area contributed by atoms with Gasteiger partial charge in [-0.1, -0.05) is 30.2 Å².